The second-order valence-electron chi connectivity index (χ2n) is 4.85. The van der Waals surface area contributed by atoms with Crippen molar-refractivity contribution in [3.8, 4) is 0 Å². The lowest BCUT2D eigenvalue weighted by atomic mass is 10.1. The summed E-state index contributed by atoms with van der Waals surface area (Å²) in [6.07, 6.45) is 2.69. The van der Waals surface area contributed by atoms with Crippen molar-refractivity contribution in [2.24, 2.45) is 0 Å². The molecule has 0 amide bonds. The van der Waals surface area contributed by atoms with E-state index in [1.807, 2.05) is 4.57 Å². The number of carbonyl (C=O) groups is 1. The molecule has 1 aromatic carbocycles. The lowest BCUT2D eigenvalue weighted by molar-refractivity contribution is 0.0697. The Morgan fingerprint density at radius 3 is 3.00 bits per heavy atom. The highest BCUT2D eigenvalue weighted by Crippen LogP contribution is 2.22. The van der Waals surface area contributed by atoms with Crippen LogP contribution in [0.3, 0.4) is 0 Å². The Morgan fingerprint density at radius 1 is 1.45 bits per heavy atom. The molecule has 0 fully saturated rings. The highest BCUT2D eigenvalue weighted by Gasteiger charge is 2.12. The Labute approximate surface area is 120 Å². The molecule has 0 spiro atoms. The van der Waals surface area contributed by atoms with Crippen molar-refractivity contribution in [3.63, 3.8) is 0 Å². The van der Waals surface area contributed by atoms with Gasteiger partial charge in [-0.3, -0.25) is 0 Å². The molecule has 0 aliphatic carbocycles. The predicted molar refractivity (Wildman–Crippen MR) is 79.4 cm³/mol. The summed E-state index contributed by atoms with van der Waals surface area (Å²) in [6, 6.07) is 7.38. The van der Waals surface area contributed by atoms with Gasteiger partial charge in [0.25, 0.3) is 0 Å². The molecule has 1 N–H and O–H groups in total. The summed E-state index contributed by atoms with van der Waals surface area (Å²) in [5.74, 6) is -0.912. The lowest BCUT2D eigenvalue weighted by Gasteiger charge is -2.13. The van der Waals surface area contributed by atoms with Crippen LogP contribution in [-0.2, 0) is 6.42 Å². The largest absolute Gasteiger partial charge is 0.478 e. The molecule has 0 radical (unpaired) electrons. The fraction of sp³-hybridized carbons (Fsp3) is 0.200. The summed E-state index contributed by atoms with van der Waals surface area (Å²) in [4.78, 5) is 15.4. The van der Waals surface area contributed by atoms with Crippen molar-refractivity contribution in [2.45, 2.75) is 19.4 Å². The van der Waals surface area contributed by atoms with Crippen LogP contribution in [0.5, 0.6) is 0 Å². The van der Waals surface area contributed by atoms with Crippen LogP contribution in [0.1, 0.15) is 28.9 Å². The average molecular weight is 286 g/mol. The monoisotopic (exact) mass is 286 g/mol. The number of aromatic nitrogens is 2. The van der Waals surface area contributed by atoms with Gasteiger partial charge in [0.2, 0.25) is 0 Å². The second kappa shape index (κ2) is 5.09. The van der Waals surface area contributed by atoms with Crippen LogP contribution in [-0.4, -0.2) is 20.6 Å². The molecule has 5 heteroatoms. The summed E-state index contributed by atoms with van der Waals surface area (Å²) in [6.45, 7) is 2.12. The zero-order valence-corrected chi connectivity index (χ0v) is 11.8. The number of carboxylic acid groups (broad SMARTS) is 1. The first-order valence-corrected chi connectivity index (χ1v) is 7.30. The summed E-state index contributed by atoms with van der Waals surface area (Å²) in [7, 11) is 0. The molecular formula is C15H14N2O2S. The minimum atomic E-state index is -0.912. The topological polar surface area (TPSA) is 55.1 Å². The van der Waals surface area contributed by atoms with Gasteiger partial charge < -0.3 is 9.67 Å². The molecular weight excluding hydrogens is 272 g/mol. The van der Waals surface area contributed by atoms with Gasteiger partial charge in [-0.25, -0.2) is 9.78 Å². The van der Waals surface area contributed by atoms with Crippen LogP contribution in [0.25, 0.3) is 11.0 Å². The van der Waals surface area contributed by atoms with E-state index in [2.05, 4.69) is 28.7 Å². The smallest absolute Gasteiger partial charge is 0.335 e. The van der Waals surface area contributed by atoms with E-state index in [0.717, 1.165) is 17.5 Å². The fourth-order valence-corrected chi connectivity index (χ4v) is 3.04. The average Bonchev–Trinajstić information content (AvgIpc) is 3.06. The van der Waals surface area contributed by atoms with Gasteiger partial charge in [0, 0.05) is 6.04 Å². The normalized spacial score (nSPS) is 12.7. The first-order valence-electron chi connectivity index (χ1n) is 6.36. The second-order valence-corrected chi connectivity index (χ2v) is 5.63. The molecule has 0 bridgehead atoms. The van der Waals surface area contributed by atoms with E-state index in [1.54, 1.807) is 35.9 Å². The van der Waals surface area contributed by atoms with Gasteiger partial charge in [-0.2, -0.15) is 11.3 Å². The molecule has 2 heterocycles. The quantitative estimate of drug-likeness (QED) is 0.797. The van der Waals surface area contributed by atoms with Gasteiger partial charge in [0.1, 0.15) is 0 Å². The van der Waals surface area contributed by atoms with E-state index >= 15 is 0 Å². The number of benzene rings is 1. The third-order valence-corrected chi connectivity index (χ3v) is 4.14. The lowest BCUT2D eigenvalue weighted by Crippen LogP contribution is -2.07. The Hall–Kier alpha value is -2.14. The van der Waals surface area contributed by atoms with E-state index in [4.69, 9.17) is 5.11 Å². The van der Waals surface area contributed by atoms with Gasteiger partial charge in [-0.15, -0.1) is 0 Å². The fourth-order valence-electron chi connectivity index (χ4n) is 2.36. The number of aromatic carboxylic acids is 1. The van der Waals surface area contributed by atoms with Gasteiger partial charge in [-0.05, 0) is 53.9 Å². The predicted octanol–water partition coefficient (Wildman–Crippen LogP) is 3.60. The highest BCUT2D eigenvalue weighted by molar-refractivity contribution is 7.07. The van der Waals surface area contributed by atoms with Crippen molar-refractivity contribution in [1.82, 2.24) is 9.55 Å². The number of thiophene rings is 1. The molecule has 0 aliphatic heterocycles. The molecule has 1 unspecified atom stereocenters. The maximum absolute atomic E-state index is 11.1. The van der Waals surface area contributed by atoms with Crippen molar-refractivity contribution >= 4 is 28.3 Å². The van der Waals surface area contributed by atoms with E-state index in [-0.39, 0.29) is 6.04 Å². The third-order valence-electron chi connectivity index (χ3n) is 3.41. The number of carboxylic acids is 1. The highest BCUT2D eigenvalue weighted by atomic mass is 32.1. The van der Waals surface area contributed by atoms with E-state index in [1.165, 1.54) is 5.56 Å². The summed E-state index contributed by atoms with van der Waals surface area (Å²) in [5.41, 5.74) is 3.28. The van der Waals surface area contributed by atoms with Crippen LogP contribution in [0.4, 0.5) is 0 Å². The summed E-state index contributed by atoms with van der Waals surface area (Å²) < 4.78 is 2.04. The van der Waals surface area contributed by atoms with Gasteiger partial charge in [-0.1, -0.05) is 0 Å². The maximum atomic E-state index is 11.1. The molecule has 20 heavy (non-hydrogen) atoms. The van der Waals surface area contributed by atoms with Crippen molar-refractivity contribution in [3.05, 3.63) is 52.5 Å². The van der Waals surface area contributed by atoms with Gasteiger partial charge in [0.15, 0.2) is 0 Å². The van der Waals surface area contributed by atoms with Crippen LogP contribution >= 0.6 is 11.3 Å². The number of nitrogens with zero attached hydrogens (tertiary/aromatic N) is 2. The molecule has 0 aliphatic rings. The Bertz CT molecular complexity index is 746. The zero-order chi connectivity index (χ0) is 14.1. The zero-order valence-electron chi connectivity index (χ0n) is 11.0. The summed E-state index contributed by atoms with van der Waals surface area (Å²) in [5, 5.41) is 13.3. The number of imidazole rings is 1. The van der Waals surface area contributed by atoms with Crippen molar-refractivity contribution < 1.29 is 9.90 Å². The number of hydrogen-bond donors (Lipinski definition) is 1. The van der Waals surface area contributed by atoms with Crippen LogP contribution < -0.4 is 0 Å². The van der Waals surface area contributed by atoms with Crippen LogP contribution in [0.15, 0.2) is 41.4 Å². The number of hydrogen-bond acceptors (Lipinski definition) is 3. The SMILES string of the molecule is CC(Cc1ccsc1)n1cnc2ccc(C(=O)O)cc21. The molecule has 4 nitrogen and oxygen atoms in total. The third kappa shape index (κ3) is 2.32. The minimum absolute atomic E-state index is 0.235. The van der Waals surface area contributed by atoms with Crippen LogP contribution in [0.2, 0.25) is 0 Å². The standard InChI is InChI=1S/C15H14N2O2S/c1-10(6-11-4-5-20-8-11)17-9-16-13-3-2-12(15(18)19)7-14(13)17/h2-5,7-10H,6H2,1H3,(H,18,19). The van der Waals surface area contributed by atoms with E-state index in [0.29, 0.717) is 5.56 Å². The maximum Gasteiger partial charge on any atom is 0.335 e. The van der Waals surface area contributed by atoms with Crippen LogP contribution in [0, 0.1) is 0 Å². The number of fused-ring (bicyclic) bond motifs is 1. The van der Waals surface area contributed by atoms with Crippen molar-refractivity contribution in [2.75, 3.05) is 0 Å². The van der Waals surface area contributed by atoms with Gasteiger partial charge >= 0.3 is 5.97 Å². The first-order chi connectivity index (χ1) is 9.65. The Kier molecular flexibility index (Phi) is 3.28. The minimum Gasteiger partial charge on any atom is -0.478 e. The van der Waals surface area contributed by atoms with Crippen molar-refractivity contribution in [1.29, 1.82) is 0 Å². The molecule has 0 saturated carbocycles. The molecule has 3 aromatic rings. The molecule has 2 aromatic heterocycles. The molecule has 0 saturated heterocycles. The number of rotatable bonds is 4. The first kappa shape index (κ1) is 12.9. The van der Waals surface area contributed by atoms with E-state index in [9.17, 15) is 4.79 Å². The molecule has 3 rings (SSSR count). The Balaban J connectivity index is 1.98. The molecule has 1 atom stereocenters. The summed E-state index contributed by atoms with van der Waals surface area (Å²) >= 11 is 1.69. The van der Waals surface area contributed by atoms with E-state index < -0.39 is 5.97 Å². The Morgan fingerprint density at radius 2 is 2.30 bits per heavy atom. The van der Waals surface area contributed by atoms with Gasteiger partial charge in [0.05, 0.1) is 22.9 Å². The molecule has 102 valence electrons.